The van der Waals surface area contributed by atoms with Crippen LogP contribution in [0.5, 0.6) is 0 Å². The van der Waals surface area contributed by atoms with Gasteiger partial charge in [-0.15, -0.1) is 0 Å². The largest absolute Gasteiger partial charge is 0.368 e. The van der Waals surface area contributed by atoms with E-state index in [1.165, 1.54) is 0 Å². The Morgan fingerprint density at radius 1 is 1.20 bits per heavy atom. The van der Waals surface area contributed by atoms with Crippen molar-refractivity contribution in [2.45, 2.75) is 38.5 Å². The Bertz CT molecular complexity index is 542. The molecule has 3 saturated heterocycles. The molecule has 3 aliphatic rings. The number of hydrogen-bond acceptors (Lipinski definition) is 4. The Hall–Kier alpha value is -1.63. The third-order valence-corrected chi connectivity index (χ3v) is 6.20. The molecule has 2 N–H and O–H groups in total. The molecule has 1 atom stereocenters. The molecule has 0 aliphatic carbocycles. The molecule has 7 heteroatoms. The Labute approximate surface area is 149 Å². The van der Waals surface area contributed by atoms with E-state index in [0.717, 1.165) is 58.3 Å². The van der Waals surface area contributed by atoms with Crippen molar-refractivity contribution in [3.05, 3.63) is 0 Å². The molecule has 7 nitrogen and oxygen atoms in total. The second-order valence-electron chi connectivity index (χ2n) is 8.14. The smallest absolute Gasteiger partial charge is 0.237 e. The van der Waals surface area contributed by atoms with Crippen LogP contribution < -0.4 is 5.73 Å². The van der Waals surface area contributed by atoms with Crippen molar-refractivity contribution in [3.63, 3.8) is 0 Å². The monoisotopic (exact) mass is 350 g/mol. The number of hydrogen-bond donors (Lipinski definition) is 1. The van der Waals surface area contributed by atoms with Crippen LogP contribution in [0.3, 0.4) is 0 Å². The fraction of sp³-hybridized carbons (Fsp3) is 0.833. The molecule has 0 bridgehead atoms. The second kappa shape index (κ2) is 7.32. The van der Waals surface area contributed by atoms with Gasteiger partial charge >= 0.3 is 0 Å². The summed E-state index contributed by atoms with van der Waals surface area (Å²) in [5.41, 5.74) is 5.31. The van der Waals surface area contributed by atoms with Crippen molar-refractivity contribution in [3.8, 4) is 0 Å². The van der Waals surface area contributed by atoms with Crippen LogP contribution in [-0.2, 0) is 14.4 Å². The lowest BCUT2D eigenvalue weighted by Gasteiger charge is -2.47. The summed E-state index contributed by atoms with van der Waals surface area (Å²) < 4.78 is 0. The zero-order valence-corrected chi connectivity index (χ0v) is 15.2. The highest BCUT2D eigenvalue weighted by Crippen LogP contribution is 2.40. The van der Waals surface area contributed by atoms with Crippen molar-refractivity contribution < 1.29 is 14.4 Å². The lowest BCUT2D eigenvalue weighted by atomic mass is 9.72. The number of primary amides is 1. The molecule has 3 aliphatic heterocycles. The van der Waals surface area contributed by atoms with Gasteiger partial charge in [-0.3, -0.25) is 14.4 Å². The van der Waals surface area contributed by atoms with E-state index in [4.69, 9.17) is 5.73 Å². The highest BCUT2D eigenvalue weighted by molar-refractivity contribution is 5.84. The van der Waals surface area contributed by atoms with Gasteiger partial charge in [-0.2, -0.15) is 0 Å². The Balaban J connectivity index is 1.56. The normalized spacial score (nSPS) is 27.6. The predicted octanol–water partition coefficient (Wildman–Crippen LogP) is 0.0447. The van der Waals surface area contributed by atoms with Crippen LogP contribution in [0.4, 0.5) is 0 Å². The van der Waals surface area contributed by atoms with Gasteiger partial charge in [-0.25, -0.2) is 0 Å². The molecule has 0 aromatic heterocycles. The van der Waals surface area contributed by atoms with Crippen LogP contribution in [0.15, 0.2) is 0 Å². The summed E-state index contributed by atoms with van der Waals surface area (Å²) >= 11 is 0. The van der Waals surface area contributed by atoms with Crippen LogP contribution in [0.2, 0.25) is 0 Å². The fourth-order valence-electron chi connectivity index (χ4n) is 4.67. The summed E-state index contributed by atoms with van der Waals surface area (Å²) in [7, 11) is 2.08. The van der Waals surface area contributed by atoms with Crippen molar-refractivity contribution >= 4 is 17.7 Å². The molecular weight excluding hydrogens is 320 g/mol. The molecule has 0 saturated carbocycles. The Kier molecular flexibility index (Phi) is 5.32. The van der Waals surface area contributed by atoms with Gasteiger partial charge in [-0.05, 0) is 51.1 Å². The van der Waals surface area contributed by atoms with Gasteiger partial charge in [0.05, 0.1) is 12.5 Å². The summed E-state index contributed by atoms with van der Waals surface area (Å²) in [6.45, 7) is 4.08. The van der Waals surface area contributed by atoms with E-state index in [9.17, 15) is 14.4 Å². The molecule has 1 spiro atoms. The van der Waals surface area contributed by atoms with Crippen molar-refractivity contribution in [1.82, 2.24) is 14.7 Å². The SMILES string of the molecule is CN1CCC[C@H](C(=O)N2CCC3(CCC(=O)N(CC(N)=O)C3)CC2)C1. The standard InChI is InChI=1S/C18H30N4O3/c1-20-8-2-3-14(11-20)17(25)21-9-6-18(7-10-21)5-4-16(24)22(13-18)12-15(19)23/h14H,2-13H2,1H3,(H2,19,23)/t14-/m0/s1. The first kappa shape index (κ1) is 18.2. The minimum atomic E-state index is -0.459. The first-order valence-corrected chi connectivity index (χ1v) is 9.42. The minimum Gasteiger partial charge on any atom is -0.368 e. The van der Waals surface area contributed by atoms with E-state index >= 15 is 0 Å². The van der Waals surface area contributed by atoms with Crippen LogP contribution >= 0.6 is 0 Å². The topological polar surface area (TPSA) is 87.0 Å². The summed E-state index contributed by atoms with van der Waals surface area (Å²) in [6.07, 6.45) is 5.23. The average Bonchev–Trinajstić information content (AvgIpc) is 2.58. The van der Waals surface area contributed by atoms with E-state index in [2.05, 4.69) is 11.9 Å². The maximum absolute atomic E-state index is 12.8. The highest BCUT2D eigenvalue weighted by atomic mass is 16.2. The molecule has 3 amide bonds. The number of nitrogens with zero attached hydrogens (tertiary/aromatic N) is 3. The number of carbonyl (C=O) groups is 3. The third kappa shape index (κ3) is 4.14. The summed E-state index contributed by atoms with van der Waals surface area (Å²) in [5.74, 6) is -0.0121. The van der Waals surface area contributed by atoms with Gasteiger partial charge in [0.25, 0.3) is 0 Å². The number of rotatable bonds is 3. The zero-order chi connectivity index (χ0) is 18.0. The van der Waals surface area contributed by atoms with Crippen molar-refractivity contribution in [1.29, 1.82) is 0 Å². The van der Waals surface area contributed by atoms with Crippen LogP contribution in [0.1, 0.15) is 38.5 Å². The summed E-state index contributed by atoms with van der Waals surface area (Å²) in [6, 6.07) is 0. The van der Waals surface area contributed by atoms with Gasteiger partial charge < -0.3 is 20.4 Å². The highest BCUT2D eigenvalue weighted by Gasteiger charge is 2.42. The molecule has 0 aromatic carbocycles. The molecule has 25 heavy (non-hydrogen) atoms. The first-order valence-electron chi connectivity index (χ1n) is 9.42. The lowest BCUT2D eigenvalue weighted by molar-refractivity contribution is -0.146. The van der Waals surface area contributed by atoms with E-state index in [1.54, 1.807) is 4.90 Å². The number of likely N-dealkylation sites (tertiary alicyclic amines) is 3. The Morgan fingerprint density at radius 2 is 1.92 bits per heavy atom. The van der Waals surface area contributed by atoms with E-state index in [1.807, 2.05) is 4.90 Å². The molecule has 3 fully saturated rings. The number of piperidine rings is 3. The quantitative estimate of drug-likeness (QED) is 0.779. The molecule has 3 heterocycles. The van der Waals surface area contributed by atoms with E-state index in [0.29, 0.717) is 18.9 Å². The second-order valence-corrected chi connectivity index (χ2v) is 8.14. The van der Waals surface area contributed by atoms with Crippen molar-refractivity contribution in [2.75, 3.05) is 46.3 Å². The Morgan fingerprint density at radius 3 is 2.56 bits per heavy atom. The third-order valence-electron chi connectivity index (χ3n) is 6.20. The van der Waals surface area contributed by atoms with Crippen molar-refractivity contribution in [2.24, 2.45) is 17.1 Å². The molecule has 3 rings (SSSR count). The lowest BCUT2D eigenvalue weighted by Crippen LogP contribution is -2.55. The van der Waals surface area contributed by atoms with Gasteiger partial charge in [-0.1, -0.05) is 0 Å². The minimum absolute atomic E-state index is 0.0115. The molecule has 0 aromatic rings. The van der Waals surface area contributed by atoms with Crippen LogP contribution in [0, 0.1) is 11.3 Å². The number of carbonyl (C=O) groups excluding carboxylic acids is 3. The zero-order valence-electron chi connectivity index (χ0n) is 15.2. The maximum Gasteiger partial charge on any atom is 0.237 e. The van der Waals surface area contributed by atoms with E-state index in [-0.39, 0.29) is 23.8 Å². The fourth-order valence-corrected chi connectivity index (χ4v) is 4.67. The van der Waals surface area contributed by atoms with Gasteiger partial charge in [0.1, 0.15) is 0 Å². The summed E-state index contributed by atoms with van der Waals surface area (Å²) in [4.78, 5) is 41.9. The van der Waals surface area contributed by atoms with E-state index < -0.39 is 5.91 Å². The molecule has 140 valence electrons. The molecular formula is C18H30N4O3. The molecule has 0 radical (unpaired) electrons. The van der Waals surface area contributed by atoms with Gasteiger partial charge in [0, 0.05) is 32.6 Å². The number of nitrogens with two attached hydrogens (primary N) is 1. The first-order chi connectivity index (χ1) is 11.9. The van der Waals surface area contributed by atoms with Gasteiger partial charge in [0.2, 0.25) is 17.7 Å². The van der Waals surface area contributed by atoms with Crippen LogP contribution in [0.25, 0.3) is 0 Å². The number of amides is 3. The molecule has 0 unspecified atom stereocenters. The van der Waals surface area contributed by atoms with Gasteiger partial charge in [0.15, 0.2) is 0 Å². The summed E-state index contributed by atoms with van der Waals surface area (Å²) in [5, 5.41) is 0. The maximum atomic E-state index is 12.8. The predicted molar refractivity (Wildman–Crippen MR) is 93.5 cm³/mol. The average molecular weight is 350 g/mol. The van der Waals surface area contributed by atoms with Crippen LogP contribution in [-0.4, -0.2) is 78.7 Å².